The van der Waals surface area contributed by atoms with Gasteiger partial charge in [-0.05, 0) is 23.3 Å². The van der Waals surface area contributed by atoms with Crippen LogP contribution in [-0.2, 0) is 24.4 Å². The zero-order valence-corrected chi connectivity index (χ0v) is 16.0. The molecule has 0 fully saturated rings. The molecular formula is C17H25IN4O. The van der Waals surface area contributed by atoms with Crippen LogP contribution in [0.15, 0.2) is 53.8 Å². The molecule has 2 N–H and O–H groups in total. The quantitative estimate of drug-likeness (QED) is 0.405. The molecular weight excluding hydrogens is 403 g/mol. The van der Waals surface area contributed by atoms with E-state index in [1.807, 2.05) is 24.3 Å². The van der Waals surface area contributed by atoms with E-state index in [-0.39, 0.29) is 24.0 Å². The van der Waals surface area contributed by atoms with Crippen molar-refractivity contribution in [3.63, 3.8) is 0 Å². The van der Waals surface area contributed by atoms with Gasteiger partial charge in [-0.3, -0.25) is 4.99 Å². The molecule has 0 atom stereocenters. The molecule has 0 aliphatic rings. The van der Waals surface area contributed by atoms with Crippen molar-refractivity contribution in [2.75, 3.05) is 20.7 Å². The van der Waals surface area contributed by atoms with Crippen LogP contribution >= 0.6 is 24.0 Å². The van der Waals surface area contributed by atoms with Gasteiger partial charge in [0.15, 0.2) is 5.96 Å². The highest BCUT2D eigenvalue weighted by Crippen LogP contribution is 2.09. The number of rotatable bonds is 7. The van der Waals surface area contributed by atoms with Gasteiger partial charge in [0.1, 0.15) is 0 Å². The third-order valence-corrected chi connectivity index (χ3v) is 3.42. The van der Waals surface area contributed by atoms with Gasteiger partial charge in [-0.25, -0.2) is 0 Å². The number of ether oxygens (including phenoxy) is 1. The number of aliphatic imine (C=N–C) groups is 1. The third-order valence-electron chi connectivity index (χ3n) is 3.42. The molecule has 0 amide bonds. The lowest BCUT2D eigenvalue weighted by atomic mass is 10.1. The minimum absolute atomic E-state index is 0. The number of halogens is 1. The molecule has 1 aromatic carbocycles. The maximum Gasteiger partial charge on any atom is 0.191 e. The summed E-state index contributed by atoms with van der Waals surface area (Å²) in [6.45, 7) is 3.09. The van der Waals surface area contributed by atoms with Crippen molar-refractivity contribution in [1.29, 1.82) is 0 Å². The number of hydrogen-bond donors (Lipinski definition) is 2. The van der Waals surface area contributed by atoms with E-state index >= 15 is 0 Å². The van der Waals surface area contributed by atoms with Gasteiger partial charge in [0.2, 0.25) is 0 Å². The maximum atomic E-state index is 5.23. The van der Waals surface area contributed by atoms with Crippen LogP contribution in [0.1, 0.15) is 11.1 Å². The van der Waals surface area contributed by atoms with Gasteiger partial charge in [-0.2, -0.15) is 0 Å². The average Bonchev–Trinajstić information content (AvgIpc) is 3.05. The van der Waals surface area contributed by atoms with Crippen molar-refractivity contribution in [3.8, 4) is 0 Å². The van der Waals surface area contributed by atoms with Gasteiger partial charge in [0.05, 0.1) is 6.61 Å². The van der Waals surface area contributed by atoms with Crippen molar-refractivity contribution in [2.24, 2.45) is 4.99 Å². The minimum Gasteiger partial charge on any atom is -0.380 e. The molecule has 0 bridgehead atoms. The van der Waals surface area contributed by atoms with E-state index in [1.165, 1.54) is 11.1 Å². The highest BCUT2D eigenvalue weighted by molar-refractivity contribution is 14.0. The molecule has 0 aliphatic carbocycles. The van der Waals surface area contributed by atoms with E-state index in [2.05, 4.69) is 44.7 Å². The zero-order chi connectivity index (χ0) is 15.6. The fraction of sp³-hybridized carbons (Fsp3) is 0.353. The zero-order valence-electron chi connectivity index (χ0n) is 13.7. The summed E-state index contributed by atoms with van der Waals surface area (Å²) in [4.78, 5) is 4.25. The first-order chi connectivity index (χ1) is 10.8. The van der Waals surface area contributed by atoms with Crippen LogP contribution in [0.4, 0.5) is 0 Å². The van der Waals surface area contributed by atoms with E-state index in [0.29, 0.717) is 6.61 Å². The Morgan fingerprint density at radius 3 is 2.43 bits per heavy atom. The Balaban J connectivity index is 0.00000264. The monoisotopic (exact) mass is 428 g/mol. The van der Waals surface area contributed by atoms with Gasteiger partial charge in [0, 0.05) is 46.2 Å². The van der Waals surface area contributed by atoms with Crippen molar-refractivity contribution in [2.45, 2.75) is 19.7 Å². The number of aromatic nitrogens is 1. The molecule has 1 heterocycles. The van der Waals surface area contributed by atoms with Crippen molar-refractivity contribution >= 4 is 29.9 Å². The summed E-state index contributed by atoms with van der Waals surface area (Å²) >= 11 is 0. The lowest BCUT2D eigenvalue weighted by Gasteiger charge is -2.14. The first-order valence-electron chi connectivity index (χ1n) is 7.44. The summed E-state index contributed by atoms with van der Waals surface area (Å²) in [7, 11) is 3.50. The van der Waals surface area contributed by atoms with Crippen LogP contribution in [0.5, 0.6) is 0 Å². The second-order valence-corrected chi connectivity index (χ2v) is 4.98. The first-order valence-corrected chi connectivity index (χ1v) is 7.44. The highest BCUT2D eigenvalue weighted by atomic mass is 127. The smallest absolute Gasteiger partial charge is 0.191 e. The van der Waals surface area contributed by atoms with E-state index in [1.54, 1.807) is 14.2 Å². The molecule has 126 valence electrons. The van der Waals surface area contributed by atoms with Crippen LogP contribution < -0.4 is 10.6 Å². The lowest BCUT2D eigenvalue weighted by molar-refractivity contribution is 0.184. The molecule has 1 aromatic heterocycles. The summed E-state index contributed by atoms with van der Waals surface area (Å²) in [5, 5.41) is 6.65. The molecule has 5 nitrogen and oxygen atoms in total. The van der Waals surface area contributed by atoms with Gasteiger partial charge < -0.3 is 19.9 Å². The average molecular weight is 428 g/mol. The summed E-state index contributed by atoms with van der Waals surface area (Å²) < 4.78 is 7.36. The van der Waals surface area contributed by atoms with Crippen molar-refractivity contribution in [1.82, 2.24) is 15.2 Å². The minimum atomic E-state index is 0. The summed E-state index contributed by atoms with van der Waals surface area (Å²) in [5.74, 6) is 0.805. The Kier molecular flexibility index (Phi) is 9.39. The number of hydrogen-bond acceptors (Lipinski definition) is 2. The van der Waals surface area contributed by atoms with Crippen molar-refractivity contribution < 1.29 is 4.74 Å². The van der Waals surface area contributed by atoms with Crippen LogP contribution in [0, 0.1) is 0 Å². The van der Waals surface area contributed by atoms with Gasteiger partial charge in [-0.15, -0.1) is 24.0 Å². The Hall–Kier alpha value is -1.54. The Morgan fingerprint density at radius 2 is 1.78 bits per heavy atom. The van der Waals surface area contributed by atoms with E-state index < -0.39 is 0 Å². The summed E-state index contributed by atoms with van der Waals surface area (Å²) in [6, 6.07) is 12.3. The topological polar surface area (TPSA) is 50.6 Å². The van der Waals surface area contributed by atoms with Crippen LogP contribution in [-0.4, -0.2) is 31.2 Å². The number of benzene rings is 1. The van der Waals surface area contributed by atoms with Gasteiger partial charge in [0.25, 0.3) is 0 Å². The largest absolute Gasteiger partial charge is 0.380 e. The normalized spacial score (nSPS) is 11.0. The second-order valence-electron chi connectivity index (χ2n) is 4.98. The first kappa shape index (κ1) is 19.5. The summed E-state index contributed by atoms with van der Waals surface area (Å²) in [5.41, 5.74) is 2.41. The molecule has 0 saturated carbocycles. The second kappa shape index (κ2) is 11.1. The molecule has 0 spiro atoms. The van der Waals surface area contributed by atoms with E-state index in [0.717, 1.165) is 25.6 Å². The van der Waals surface area contributed by atoms with Gasteiger partial charge in [-0.1, -0.05) is 24.3 Å². The standard InChI is InChI=1S/C17H24N4O.HI/c1-18-17(19-9-12-21-10-5-6-11-21)20-13-15-7-3-4-8-16(15)14-22-2;/h3-8,10-11H,9,12-14H2,1-2H3,(H2,18,19,20);1H. The molecule has 0 aliphatic heterocycles. The fourth-order valence-electron chi connectivity index (χ4n) is 2.25. The number of methoxy groups -OCH3 is 1. The van der Waals surface area contributed by atoms with E-state index in [9.17, 15) is 0 Å². The Morgan fingerprint density at radius 1 is 1.09 bits per heavy atom. The predicted octanol–water partition coefficient (Wildman–Crippen LogP) is 2.62. The fourth-order valence-corrected chi connectivity index (χ4v) is 2.25. The van der Waals surface area contributed by atoms with Gasteiger partial charge >= 0.3 is 0 Å². The molecule has 0 unspecified atom stereocenters. The Labute approximate surface area is 155 Å². The SMILES string of the molecule is CN=C(NCCn1cccc1)NCc1ccccc1COC.I. The van der Waals surface area contributed by atoms with Crippen molar-refractivity contribution in [3.05, 3.63) is 59.9 Å². The summed E-state index contributed by atoms with van der Waals surface area (Å²) in [6.07, 6.45) is 4.11. The molecule has 0 saturated heterocycles. The van der Waals surface area contributed by atoms with Crippen LogP contribution in [0.25, 0.3) is 0 Å². The molecule has 2 aromatic rings. The number of nitrogens with zero attached hydrogens (tertiary/aromatic N) is 2. The van der Waals surface area contributed by atoms with Crippen LogP contribution in [0.2, 0.25) is 0 Å². The Bertz CT molecular complexity index is 584. The van der Waals surface area contributed by atoms with Crippen LogP contribution in [0.3, 0.4) is 0 Å². The maximum absolute atomic E-state index is 5.23. The predicted molar refractivity (Wildman–Crippen MR) is 105 cm³/mol. The third kappa shape index (κ3) is 6.62. The molecule has 0 radical (unpaired) electrons. The lowest BCUT2D eigenvalue weighted by Crippen LogP contribution is -2.38. The number of nitrogens with one attached hydrogen (secondary N) is 2. The highest BCUT2D eigenvalue weighted by Gasteiger charge is 2.03. The molecule has 2 rings (SSSR count). The van der Waals surface area contributed by atoms with E-state index in [4.69, 9.17) is 4.74 Å². The molecule has 23 heavy (non-hydrogen) atoms. The number of guanidine groups is 1. The molecule has 6 heteroatoms.